The van der Waals surface area contributed by atoms with Crippen LogP contribution >= 0.6 is 0 Å². The normalized spacial score (nSPS) is 24.8. The molecule has 4 N–H and O–H groups in total. The molecule has 1 aliphatic rings. The second-order valence-corrected chi connectivity index (χ2v) is 3.04. The molecule has 66 valence electrons. The molecule has 1 fully saturated rings. The van der Waals surface area contributed by atoms with E-state index >= 15 is 0 Å². The second kappa shape index (κ2) is 5.49. The Morgan fingerprint density at radius 2 is 1.27 bits per heavy atom. The van der Waals surface area contributed by atoms with Crippen LogP contribution in [0.3, 0.4) is 0 Å². The highest BCUT2D eigenvalue weighted by Gasteiger charge is 2.01. The Morgan fingerprint density at radius 1 is 0.818 bits per heavy atom. The van der Waals surface area contributed by atoms with Gasteiger partial charge in [-0.05, 0) is 5.92 Å². The van der Waals surface area contributed by atoms with Gasteiger partial charge in [-0.25, -0.2) is 0 Å². The molecule has 1 rings (SSSR count). The van der Waals surface area contributed by atoms with Crippen molar-refractivity contribution < 1.29 is 0 Å². The van der Waals surface area contributed by atoms with Crippen LogP contribution in [-0.2, 0) is 0 Å². The first kappa shape index (κ1) is 8.93. The first-order valence-corrected chi connectivity index (χ1v) is 4.22. The molecule has 4 heteroatoms. The molecule has 0 aromatic rings. The molecule has 11 heavy (non-hydrogen) atoms. The van der Waals surface area contributed by atoms with Gasteiger partial charge in [0.15, 0.2) is 0 Å². The third-order valence-electron chi connectivity index (χ3n) is 1.74. The summed E-state index contributed by atoms with van der Waals surface area (Å²) in [7, 11) is 0. The fourth-order valence-corrected chi connectivity index (χ4v) is 1.10. The summed E-state index contributed by atoms with van der Waals surface area (Å²) in [5.41, 5.74) is 0. The standard InChI is InChI=1S/C7H18N4/c1-7-2-8-4-10-6-11-5-9-3-7/h7-11H,2-6H2,1H3. The van der Waals surface area contributed by atoms with Gasteiger partial charge in [0.2, 0.25) is 0 Å². The van der Waals surface area contributed by atoms with Gasteiger partial charge in [0.05, 0.1) is 0 Å². The molecule has 0 aromatic carbocycles. The lowest BCUT2D eigenvalue weighted by Crippen LogP contribution is -2.44. The van der Waals surface area contributed by atoms with E-state index in [1.807, 2.05) is 0 Å². The average Bonchev–Trinajstić information content (AvgIpc) is 2.03. The van der Waals surface area contributed by atoms with Crippen molar-refractivity contribution in [3.8, 4) is 0 Å². The van der Waals surface area contributed by atoms with Gasteiger partial charge in [-0.1, -0.05) is 6.92 Å². The summed E-state index contributed by atoms with van der Waals surface area (Å²) in [4.78, 5) is 0. The molecule has 0 aliphatic carbocycles. The van der Waals surface area contributed by atoms with Crippen LogP contribution in [0.4, 0.5) is 0 Å². The molecule has 0 radical (unpaired) electrons. The monoisotopic (exact) mass is 158 g/mol. The highest BCUT2D eigenvalue weighted by Crippen LogP contribution is 1.88. The zero-order chi connectivity index (χ0) is 7.94. The fraction of sp³-hybridized carbons (Fsp3) is 1.00. The third kappa shape index (κ3) is 4.31. The molecule has 0 unspecified atom stereocenters. The van der Waals surface area contributed by atoms with Crippen LogP contribution in [0.25, 0.3) is 0 Å². The Balaban J connectivity index is 2.12. The van der Waals surface area contributed by atoms with Crippen LogP contribution in [-0.4, -0.2) is 33.1 Å². The molecule has 1 heterocycles. The van der Waals surface area contributed by atoms with E-state index in [9.17, 15) is 0 Å². The van der Waals surface area contributed by atoms with Crippen LogP contribution in [0.15, 0.2) is 0 Å². The van der Waals surface area contributed by atoms with Crippen molar-refractivity contribution in [2.75, 3.05) is 33.1 Å². The predicted molar refractivity (Wildman–Crippen MR) is 46.0 cm³/mol. The van der Waals surface area contributed by atoms with Crippen LogP contribution in [0.1, 0.15) is 6.92 Å². The van der Waals surface area contributed by atoms with Gasteiger partial charge in [0, 0.05) is 33.1 Å². The van der Waals surface area contributed by atoms with Gasteiger partial charge in [-0.2, -0.15) is 0 Å². The zero-order valence-electron chi connectivity index (χ0n) is 7.11. The van der Waals surface area contributed by atoms with Crippen LogP contribution in [0.5, 0.6) is 0 Å². The number of hydrogen-bond acceptors (Lipinski definition) is 4. The maximum absolute atomic E-state index is 3.31. The number of rotatable bonds is 0. The quantitative estimate of drug-likeness (QED) is 0.360. The molecule has 0 saturated carbocycles. The van der Waals surface area contributed by atoms with Crippen molar-refractivity contribution in [3.05, 3.63) is 0 Å². The SMILES string of the molecule is CC1CNCNCNCNC1. The van der Waals surface area contributed by atoms with Crippen molar-refractivity contribution in [3.63, 3.8) is 0 Å². The van der Waals surface area contributed by atoms with Crippen molar-refractivity contribution in [2.45, 2.75) is 6.92 Å². The Morgan fingerprint density at radius 3 is 1.82 bits per heavy atom. The maximum atomic E-state index is 3.31. The van der Waals surface area contributed by atoms with Crippen molar-refractivity contribution in [1.82, 2.24) is 21.3 Å². The lowest BCUT2D eigenvalue weighted by molar-refractivity contribution is 0.412. The summed E-state index contributed by atoms with van der Waals surface area (Å²) < 4.78 is 0. The maximum Gasteiger partial charge on any atom is 0.0474 e. The molecular weight excluding hydrogens is 140 g/mol. The molecule has 1 saturated heterocycles. The van der Waals surface area contributed by atoms with Gasteiger partial charge in [0.1, 0.15) is 0 Å². The highest BCUT2D eigenvalue weighted by molar-refractivity contribution is 4.60. The van der Waals surface area contributed by atoms with Gasteiger partial charge < -0.3 is 10.6 Å². The average molecular weight is 158 g/mol. The summed E-state index contributed by atoms with van der Waals surface area (Å²) in [6, 6.07) is 0. The summed E-state index contributed by atoms with van der Waals surface area (Å²) in [5, 5.41) is 13.1. The third-order valence-corrected chi connectivity index (χ3v) is 1.74. The molecular formula is C7H18N4. The van der Waals surface area contributed by atoms with Gasteiger partial charge in [-0.3, -0.25) is 10.6 Å². The lowest BCUT2D eigenvalue weighted by Gasteiger charge is -2.17. The summed E-state index contributed by atoms with van der Waals surface area (Å²) in [5.74, 6) is 0.705. The van der Waals surface area contributed by atoms with E-state index in [0.29, 0.717) is 5.92 Å². The summed E-state index contributed by atoms with van der Waals surface area (Å²) >= 11 is 0. The molecule has 0 aromatic heterocycles. The lowest BCUT2D eigenvalue weighted by atomic mass is 10.2. The summed E-state index contributed by atoms with van der Waals surface area (Å²) in [6.45, 7) is 7.07. The molecule has 0 amide bonds. The number of nitrogens with one attached hydrogen (secondary N) is 4. The molecule has 4 nitrogen and oxygen atoms in total. The van der Waals surface area contributed by atoms with E-state index in [2.05, 4.69) is 28.2 Å². The Kier molecular flexibility index (Phi) is 4.45. The molecule has 0 atom stereocenters. The fourth-order valence-electron chi connectivity index (χ4n) is 1.10. The Labute approximate surface area is 68.1 Å². The molecule has 1 aliphatic heterocycles. The Bertz CT molecular complexity index is 86.4. The van der Waals surface area contributed by atoms with E-state index < -0.39 is 0 Å². The molecule has 0 bridgehead atoms. The second-order valence-electron chi connectivity index (χ2n) is 3.04. The van der Waals surface area contributed by atoms with E-state index in [-0.39, 0.29) is 0 Å². The number of hydrogen-bond donors (Lipinski definition) is 4. The minimum Gasteiger partial charge on any atom is -0.304 e. The van der Waals surface area contributed by atoms with Crippen molar-refractivity contribution in [1.29, 1.82) is 0 Å². The van der Waals surface area contributed by atoms with Gasteiger partial charge >= 0.3 is 0 Å². The van der Waals surface area contributed by atoms with Crippen molar-refractivity contribution in [2.24, 2.45) is 5.92 Å². The predicted octanol–water partition coefficient (Wildman–Crippen LogP) is -1.13. The minimum atomic E-state index is 0.705. The minimum absolute atomic E-state index is 0.705. The Hall–Kier alpha value is -0.160. The van der Waals surface area contributed by atoms with Crippen LogP contribution < -0.4 is 21.3 Å². The van der Waals surface area contributed by atoms with Crippen molar-refractivity contribution >= 4 is 0 Å². The van der Waals surface area contributed by atoms with E-state index in [1.54, 1.807) is 0 Å². The topological polar surface area (TPSA) is 48.1 Å². The van der Waals surface area contributed by atoms with E-state index in [4.69, 9.17) is 0 Å². The van der Waals surface area contributed by atoms with E-state index in [0.717, 1.165) is 33.1 Å². The van der Waals surface area contributed by atoms with Crippen LogP contribution in [0, 0.1) is 5.92 Å². The van der Waals surface area contributed by atoms with Gasteiger partial charge in [-0.15, -0.1) is 0 Å². The highest BCUT2D eigenvalue weighted by atomic mass is 15.2. The molecule has 0 spiro atoms. The first-order valence-electron chi connectivity index (χ1n) is 4.22. The van der Waals surface area contributed by atoms with E-state index in [1.165, 1.54) is 0 Å². The first-order chi connectivity index (χ1) is 5.39. The zero-order valence-corrected chi connectivity index (χ0v) is 7.11. The van der Waals surface area contributed by atoms with Crippen LogP contribution in [0.2, 0.25) is 0 Å². The summed E-state index contributed by atoms with van der Waals surface area (Å²) in [6.07, 6.45) is 0. The van der Waals surface area contributed by atoms with Gasteiger partial charge in [0.25, 0.3) is 0 Å². The smallest absolute Gasteiger partial charge is 0.0474 e. The largest absolute Gasteiger partial charge is 0.304 e.